The van der Waals surface area contributed by atoms with Crippen LogP contribution in [0.1, 0.15) is 50.4 Å². The molecule has 0 fully saturated rings. The van der Waals surface area contributed by atoms with Crippen LogP contribution in [0.15, 0.2) is 206 Å². The van der Waals surface area contributed by atoms with E-state index in [2.05, 4.69) is 29.6 Å². The molecule has 1 aliphatic carbocycles. The highest BCUT2D eigenvalue weighted by molar-refractivity contribution is 5.79. The Bertz CT molecular complexity index is 2640. The largest absolute Gasteiger partial charge is 0.497 e. The van der Waals surface area contributed by atoms with Gasteiger partial charge in [-0.05, 0) is 104 Å². The maximum Gasteiger partial charge on any atom is 0.407 e. The fraction of sp³-hybridized carbons (Fsp3) is 0.183. The predicted octanol–water partition coefficient (Wildman–Crippen LogP) is 11.9. The van der Waals surface area contributed by atoms with Crippen molar-refractivity contribution in [1.29, 1.82) is 0 Å². The van der Waals surface area contributed by atoms with Crippen LogP contribution in [0, 0.1) is 0 Å². The molecule has 0 unspecified atom stereocenters. The molecule has 0 radical (unpaired) electrons. The Kier molecular flexibility index (Phi) is 14.1. The Balaban J connectivity index is 1.13. The van der Waals surface area contributed by atoms with Crippen LogP contribution in [-0.4, -0.2) is 60.4 Å². The van der Waals surface area contributed by atoms with Gasteiger partial charge < -0.3 is 38.5 Å². The highest BCUT2D eigenvalue weighted by Crippen LogP contribution is 2.46. The monoisotopic (exact) mass is 917 g/mol. The molecule has 8 aromatic rings. The number of ether oxygens (including phenoxy) is 7. The quantitative estimate of drug-likeness (QED) is 0.0802. The summed E-state index contributed by atoms with van der Waals surface area (Å²) < 4.78 is 43.6. The van der Waals surface area contributed by atoms with Crippen molar-refractivity contribution in [2.75, 3.05) is 48.3 Å². The lowest BCUT2D eigenvalue weighted by molar-refractivity contribution is -0.0429. The van der Waals surface area contributed by atoms with Crippen LogP contribution in [0.3, 0.4) is 0 Å². The average Bonchev–Trinajstić information content (AvgIpc) is 3.74. The number of carbonyl (C=O) groups is 1. The smallest absolute Gasteiger partial charge is 0.407 e. The first-order chi connectivity index (χ1) is 33.9. The summed E-state index contributed by atoms with van der Waals surface area (Å²) in [5.74, 6) is 2.67. The second-order valence-corrected chi connectivity index (χ2v) is 16.8. The van der Waals surface area contributed by atoms with Gasteiger partial charge in [0.15, 0.2) is 0 Å². The minimum Gasteiger partial charge on any atom is -0.497 e. The van der Waals surface area contributed by atoms with Gasteiger partial charge in [0.25, 0.3) is 0 Å². The van der Waals surface area contributed by atoms with E-state index in [1.807, 2.05) is 182 Å². The Morgan fingerprint density at radius 1 is 0.420 bits per heavy atom. The van der Waals surface area contributed by atoms with Crippen molar-refractivity contribution < 1.29 is 38.0 Å². The van der Waals surface area contributed by atoms with Gasteiger partial charge in [-0.2, -0.15) is 0 Å². The van der Waals surface area contributed by atoms with Gasteiger partial charge in [0.05, 0.1) is 47.7 Å². The van der Waals surface area contributed by atoms with E-state index in [9.17, 15) is 4.79 Å². The summed E-state index contributed by atoms with van der Waals surface area (Å²) in [4.78, 5) is 14.5. The topological polar surface area (TPSA) is 93.7 Å². The summed E-state index contributed by atoms with van der Waals surface area (Å²) in [7, 11) is 6.58. The number of alkyl carbamates (subject to hydrolysis) is 1. The molecule has 1 aliphatic rings. The molecule has 9 nitrogen and oxygen atoms in total. The summed E-state index contributed by atoms with van der Waals surface area (Å²) >= 11 is 0. The first-order valence-corrected chi connectivity index (χ1v) is 23.0. The van der Waals surface area contributed by atoms with Gasteiger partial charge >= 0.3 is 6.09 Å². The Morgan fingerprint density at radius 3 is 1.06 bits per heavy atom. The molecule has 9 heteroatoms. The second-order valence-electron chi connectivity index (χ2n) is 16.8. The fourth-order valence-electron chi connectivity index (χ4n) is 9.54. The van der Waals surface area contributed by atoms with Crippen molar-refractivity contribution in [3.8, 4) is 34.1 Å². The number of fused-ring (bicyclic) bond motifs is 3. The van der Waals surface area contributed by atoms with Gasteiger partial charge in [0.2, 0.25) is 0 Å². The third-order valence-electron chi connectivity index (χ3n) is 13.0. The summed E-state index contributed by atoms with van der Waals surface area (Å²) in [6.07, 6.45) is -0.604. The number of rotatable bonds is 19. The number of amides is 1. The lowest BCUT2D eigenvalue weighted by Crippen LogP contribution is -2.47. The van der Waals surface area contributed by atoms with E-state index in [1.54, 1.807) is 28.4 Å². The number of nitrogens with one attached hydrogen (secondary N) is 1. The lowest BCUT2D eigenvalue weighted by atomic mass is 9.79. The van der Waals surface area contributed by atoms with Crippen LogP contribution in [0.25, 0.3) is 11.1 Å². The zero-order valence-corrected chi connectivity index (χ0v) is 39.2. The number of methoxy groups -OCH3 is 4. The predicted molar refractivity (Wildman–Crippen MR) is 269 cm³/mol. The highest BCUT2D eigenvalue weighted by Gasteiger charge is 2.42. The van der Waals surface area contributed by atoms with Crippen LogP contribution in [0.5, 0.6) is 23.0 Å². The Labute approximate surface area is 404 Å². The van der Waals surface area contributed by atoms with Gasteiger partial charge in [-0.15, -0.1) is 0 Å². The van der Waals surface area contributed by atoms with Crippen molar-refractivity contribution in [3.63, 3.8) is 0 Å². The van der Waals surface area contributed by atoms with Gasteiger partial charge in [-0.3, -0.25) is 0 Å². The maximum atomic E-state index is 14.5. The number of carbonyl (C=O) groups excluding carboxylic acids is 1. The van der Waals surface area contributed by atoms with E-state index in [1.165, 1.54) is 0 Å². The van der Waals surface area contributed by atoms with Crippen LogP contribution in [0.4, 0.5) is 4.79 Å². The molecule has 0 saturated carbocycles. The molecular weight excluding hydrogens is 863 g/mol. The van der Waals surface area contributed by atoms with E-state index in [0.717, 1.165) is 55.6 Å². The van der Waals surface area contributed by atoms with Crippen LogP contribution >= 0.6 is 0 Å². The average molecular weight is 918 g/mol. The second kappa shape index (κ2) is 21.0. The summed E-state index contributed by atoms with van der Waals surface area (Å²) in [6, 6.07) is 67.4. The van der Waals surface area contributed by atoms with E-state index < -0.39 is 23.3 Å². The van der Waals surface area contributed by atoms with Crippen molar-refractivity contribution in [2.24, 2.45) is 0 Å². The standard InChI is InChI=1S/C60H55NO8/c1-63-49-31-23-44(24-32-49)59(42-15-7-5-8-16-42,45-25-33-50(64-2)34-26-45)68-39-48(61-58(62)67-41-57-55-21-13-11-19-53(55)54-20-12-14-22-56(54)57)40-69-60(43-17-9-6-10-18-43,46-27-35-51(65-3)36-28-46)47-29-37-52(66-4)38-30-47/h5-38,48,57H,39-41H2,1-4H3,(H,61,62). The third kappa shape index (κ3) is 9.39. The molecule has 0 saturated heterocycles. The molecule has 0 bridgehead atoms. The van der Waals surface area contributed by atoms with Gasteiger partial charge in [-0.1, -0.05) is 158 Å². The number of hydrogen-bond donors (Lipinski definition) is 1. The fourth-order valence-corrected chi connectivity index (χ4v) is 9.54. The van der Waals surface area contributed by atoms with Gasteiger partial charge in [0, 0.05) is 5.92 Å². The molecule has 9 rings (SSSR count). The lowest BCUT2D eigenvalue weighted by Gasteiger charge is -2.39. The summed E-state index contributed by atoms with van der Waals surface area (Å²) in [5, 5.41) is 3.22. The van der Waals surface area contributed by atoms with Crippen molar-refractivity contribution in [1.82, 2.24) is 5.32 Å². The molecular formula is C60H55NO8. The molecule has 69 heavy (non-hydrogen) atoms. The van der Waals surface area contributed by atoms with Gasteiger partial charge in [-0.25, -0.2) is 4.79 Å². The molecule has 8 aromatic carbocycles. The first-order valence-electron chi connectivity index (χ1n) is 23.0. The van der Waals surface area contributed by atoms with Crippen molar-refractivity contribution >= 4 is 6.09 Å². The maximum absolute atomic E-state index is 14.5. The molecule has 1 N–H and O–H groups in total. The molecule has 0 spiro atoms. The van der Waals surface area contributed by atoms with Crippen LogP contribution in [0.2, 0.25) is 0 Å². The molecule has 0 atom stereocenters. The molecule has 0 aliphatic heterocycles. The highest BCUT2D eigenvalue weighted by atomic mass is 16.6. The van der Waals surface area contributed by atoms with E-state index in [0.29, 0.717) is 23.0 Å². The summed E-state index contributed by atoms with van der Waals surface area (Å²) in [5.41, 5.74) is 7.26. The number of hydrogen-bond acceptors (Lipinski definition) is 8. The summed E-state index contributed by atoms with van der Waals surface area (Å²) in [6.45, 7) is 0.0894. The van der Waals surface area contributed by atoms with Crippen LogP contribution in [-0.2, 0) is 25.4 Å². The molecule has 348 valence electrons. The minimum atomic E-state index is -1.19. The zero-order valence-electron chi connectivity index (χ0n) is 39.2. The number of benzene rings is 8. The van der Waals surface area contributed by atoms with Gasteiger partial charge in [0.1, 0.15) is 40.8 Å². The molecule has 0 aromatic heterocycles. The Morgan fingerprint density at radius 2 is 0.725 bits per heavy atom. The van der Waals surface area contributed by atoms with Crippen molar-refractivity contribution in [3.05, 3.63) is 251 Å². The zero-order chi connectivity index (χ0) is 47.6. The third-order valence-corrected chi connectivity index (χ3v) is 13.0. The Hall–Kier alpha value is -7.85. The minimum absolute atomic E-state index is 0.0206. The SMILES string of the molecule is COc1ccc(C(OCC(COC(c2ccccc2)(c2ccc(OC)cc2)c2ccc(OC)cc2)NC(=O)OCC2c3ccccc3-c3ccccc32)(c2ccccc2)c2ccc(OC)cc2)cc1. The first kappa shape index (κ1) is 46.3. The van der Waals surface area contributed by atoms with E-state index in [-0.39, 0.29) is 25.7 Å². The molecule has 1 amide bonds. The van der Waals surface area contributed by atoms with E-state index in [4.69, 9.17) is 33.2 Å². The van der Waals surface area contributed by atoms with Crippen LogP contribution < -0.4 is 24.3 Å². The molecule has 0 heterocycles. The van der Waals surface area contributed by atoms with E-state index >= 15 is 0 Å². The van der Waals surface area contributed by atoms with Crippen molar-refractivity contribution in [2.45, 2.75) is 23.2 Å². The normalized spacial score (nSPS) is 12.2.